The van der Waals surface area contributed by atoms with Gasteiger partial charge in [-0.25, -0.2) is 0 Å². The second-order valence-corrected chi connectivity index (χ2v) is 5.26. The maximum atomic E-state index is 10.3. The summed E-state index contributed by atoms with van der Waals surface area (Å²) in [7, 11) is 0. The normalized spacial score (nSPS) is 36.1. The molecule has 3 nitrogen and oxygen atoms in total. The molecule has 2 N–H and O–H groups in total. The molecule has 1 aromatic carbocycles. The monoisotopic (exact) mass is 233 g/mol. The average molecular weight is 233 g/mol. The van der Waals surface area contributed by atoms with E-state index >= 15 is 0 Å². The van der Waals surface area contributed by atoms with Crippen LogP contribution in [0.2, 0.25) is 0 Å². The van der Waals surface area contributed by atoms with Gasteiger partial charge in [0.25, 0.3) is 0 Å². The number of hydrogen-bond donors (Lipinski definition) is 2. The van der Waals surface area contributed by atoms with Crippen molar-refractivity contribution in [1.29, 1.82) is 0 Å². The predicted molar refractivity (Wildman–Crippen MR) is 65.9 cm³/mol. The molecule has 3 aliphatic heterocycles. The van der Waals surface area contributed by atoms with Gasteiger partial charge in [0.2, 0.25) is 0 Å². The number of fused-ring (bicyclic) bond motifs is 3. The van der Waals surface area contributed by atoms with Crippen molar-refractivity contribution >= 4 is 0 Å². The number of rotatable bonds is 2. The number of aromatic hydroxyl groups is 1. The maximum absolute atomic E-state index is 10.3. The topological polar surface area (TPSA) is 43.7 Å². The van der Waals surface area contributed by atoms with Crippen molar-refractivity contribution in [2.24, 2.45) is 5.92 Å². The predicted octanol–water partition coefficient (Wildman–Crippen LogP) is 1.39. The van der Waals surface area contributed by atoms with Gasteiger partial charge in [-0.2, -0.15) is 0 Å². The molecule has 3 heterocycles. The molecule has 1 aromatic rings. The molecule has 3 fully saturated rings. The Morgan fingerprint density at radius 1 is 1.18 bits per heavy atom. The van der Waals surface area contributed by atoms with Gasteiger partial charge in [0, 0.05) is 6.04 Å². The highest BCUT2D eigenvalue weighted by Gasteiger charge is 2.41. The zero-order valence-electron chi connectivity index (χ0n) is 9.92. The van der Waals surface area contributed by atoms with Crippen molar-refractivity contribution in [3.8, 4) is 5.75 Å². The maximum Gasteiger partial charge on any atom is 0.118 e. The lowest BCUT2D eigenvalue weighted by Gasteiger charge is -2.49. The van der Waals surface area contributed by atoms with E-state index in [2.05, 4.69) is 4.90 Å². The molecule has 4 rings (SSSR count). The highest BCUT2D eigenvalue weighted by molar-refractivity contribution is 5.32. The average Bonchev–Trinajstić information content (AvgIpc) is 2.36. The lowest BCUT2D eigenvalue weighted by atomic mass is 9.78. The zero-order chi connectivity index (χ0) is 11.8. The molecule has 2 atom stereocenters. The third-order valence-corrected chi connectivity index (χ3v) is 4.34. The number of piperidine rings is 3. The van der Waals surface area contributed by atoms with E-state index in [9.17, 15) is 10.2 Å². The van der Waals surface area contributed by atoms with E-state index in [4.69, 9.17) is 0 Å². The molecule has 0 radical (unpaired) electrons. The van der Waals surface area contributed by atoms with Crippen molar-refractivity contribution in [1.82, 2.24) is 4.90 Å². The van der Waals surface area contributed by atoms with E-state index in [-0.39, 0.29) is 12.1 Å². The molecular weight excluding hydrogens is 214 g/mol. The summed E-state index contributed by atoms with van der Waals surface area (Å²) in [6.07, 6.45) is 2.78. The number of hydrogen-bond acceptors (Lipinski definition) is 3. The van der Waals surface area contributed by atoms with Crippen LogP contribution in [-0.4, -0.2) is 40.3 Å². The van der Waals surface area contributed by atoms with Crippen LogP contribution < -0.4 is 0 Å². The minimum atomic E-state index is -0.225. The number of benzene rings is 1. The highest BCUT2D eigenvalue weighted by atomic mass is 16.3. The van der Waals surface area contributed by atoms with Gasteiger partial charge in [0.1, 0.15) is 5.75 Å². The van der Waals surface area contributed by atoms with Gasteiger partial charge in [-0.3, -0.25) is 4.90 Å². The van der Waals surface area contributed by atoms with Crippen molar-refractivity contribution in [3.63, 3.8) is 0 Å². The molecule has 0 aromatic heterocycles. The molecule has 17 heavy (non-hydrogen) atoms. The van der Waals surface area contributed by atoms with E-state index in [1.165, 1.54) is 0 Å². The van der Waals surface area contributed by atoms with Gasteiger partial charge in [-0.05, 0) is 49.9 Å². The van der Waals surface area contributed by atoms with Crippen LogP contribution in [0.3, 0.4) is 0 Å². The fourth-order valence-corrected chi connectivity index (χ4v) is 3.28. The lowest BCUT2D eigenvalue weighted by Crippen LogP contribution is -2.58. The van der Waals surface area contributed by atoms with E-state index in [1.807, 2.05) is 18.2 Å². The SMILES string of the molecule is Oc1ccccc1C[C@@H]1[C@H](O)C2CCN1CC2. The third-order valence-electron chi connectivity index (χ3n) is 4.34. The van der Waals surface area contributed by atoms with Crippen LogP contribution in [0.1, 0.15) is 18.4 Å². The number of phenols is 1. The van der Waals surface area contributed by atoms with Crippen LogP contribution >= 0.6 is 0 Å². The summed E-state index contributed by atoms with van der Waals surface area (Å²) in [6, 6.07) is 7.64. The number of phenolic OH excluding ortho intramolecular Hbond substituents is 1. The van der Waals surface area contributed by atoms with E-state index in [1.54, 1.807) is 6.07 Å². The van der Waals surface area contributed by atoms with Crippen LogP contribution in [0.4, 0.5) is 0 Å². The second-order valence-electron chi connectivity index (χ2n) is 5.26. The molecule has 2 bridgehead atoms. The molecule has 3 saturated heterocycles. The van der Waals surface area contributed by atoms with Crippen LogP contribution in [0.5, 0.6) is 5.75 Å². The van der Waals surface area contributed by atoms with Gasteiger partial charge in [0.15, 0.2) is 0 Å². The summed E-state index contributed by atoms with van der Waals surface area (Å²) in [5.41, 5.74) is 0.948. The molecule has 0 spiro atoms. The van der Waals surface area contributed by atoms with Crippen LogP contribution in [0.15, 0.2) is 24.3 Å². The van der Waals surface area contributed by atoms with Gasteiger partial charge < -0.3 is 10.2 Å². The summed E-state index contributed by atoms with van der Waals surface area (Å²) in [6.45, 7) is 2.19. The Morgan fingerprint density at radius 3 is 2.53 bits per heavy atom. The first kappa shape index (κ1) is 11.1. The standard InChI is InChI=1S/C14H19NO2/c16-13-4-2-1-3-11(13)9-12-14(17)10-5-7-15(12)8-6-10/h1-4,10,12,14,16-17H,5-9H2/t12-,14-/m1/s1. The van der Waals surface area contributed by atoms with Gasteiger partial charge >= 0.3 is 0 Å². The number of para-hydroxylation sites is 1. The van der Waals surface area contributed by atoms with Crippen molar-refractivity contribution < 1.29 is 10.2 Å². The molecule has 0 saturated carbocycles. The Hall–Kier alpha value is -1.06. The van der Waals surface area contributed by atoms with Gasteiger partial charge in [0.05, 0.1) is 6.10 Å². The Kier molecular flexibility index (Phi) is 2.81. The summed E-state index contributed by atoms with van der Waals surface area (Å²) in [4.78, 5) is 2.37. The van der Waals surface area contributed by atoms with E-state index < -0.39 is 0 Å². The third kappa shape index (κ3) is 1.94. The number of aliphatic hydroxyl groups excluding tert-OH is 1. The molecule has 3 aliphatic rings. The first-order valence-electron chi connectivity index (χ1n) is 6.44. The minimum Gasteiger partial charge on any atom is -0.508 e. The number of aliphatic hydroxyl groups is 1. The summed E-state index contributed by atoms with van der Waals surface area (Å²) < 4.78 is 0. The van der Waals surface area contributed by atoms with Crippen molar-refractivity contribution in [3.05, 3.63) is 29.8 Å². The summed E-state index contributed by atoms with van der Waals surface area (Å²) >= 11 is 0. The number of nitrogens with zero attached hydrogens (tertiary/aromatic N) is 1. The molecular formula is C14H19NO2. The van der Waals surface area contributed by atoms with Crippen LogP contribution in [0, 0.1) is 5.92 Å². The highest BCUT2D eigenvalue weighted by Crippen LogP contribution is 2.34. The quantitative estimate of drug-likeness (QED) is 0.811. The van der Waals surface area contributed by atoms with Gasteiger partial charge in [-0.1, -0.05) is 18.2 Å². The molecule has 3 heteroatoms. The van der Waals surface area contributed by atoms with Crippen LogP contribution in [-0.2, 0) is 6.42 Å². The molecule has 0 aliphatic carbocycles. The second kappa shape index (κ2) is 4.31. The minimum absolute atomic E-state index is 0.191. The Balaban J connectivity index is 1.79. The summed E-state index contributed by atoms with van der Waals surface area (Å²) in [5, 5.41) is 20.1. The smallest absolute Gasteiger partial charge is 0.118 e. The Labute approximate surface area is 102 Å². The summed E-state index contributed by atoms with van der Waals surface area (Å²) in [5.74, 6) is 0.818. The first-order chi connectivity index (χ1) is 8.25. The zero-order valence-corrected chi connectivity index (χ0v) is 9.92. The first-order valence-corrected chi connectivity index (χ1v) is 6.44. The Bertz CT molecular complexity index is 397. The molecule has 0 unspecified atom stereocenters. The lowest BCUT2D eigenvalue weighted by molar-refractivity contribution is -0.0716. The van der Waals surface area contributed by atoms with Crippen LogP contribution in [0.25, 0.3) is 0 Å². The van der Waals surface area contributed by atoms with Crippen molar-refractivity contribution in [2.45, 2.75) is 31.4 Å². The van der Waals surface area contributed by atoms with E-state index in [0.29, 0.717) is 11.7 Å². The fourth-order valence-electron chi connectivity index (χ4n) is 3.28. The van der Waals surface area contributed by atoms with E-state index in [0.717, 1.165) is 37.9 Å². The Morgan fingerprint density at radius 2 is 1.88 bits per heavy atom. The fraction of sp³-hybridized carbons (Fsp3) is 0.571. The van der Waals surface area contributed by atoms with Gasteiger partial charge in [-0.15, -0.1) is 0 Å². The molecule has 92 valence electrons. The largest absolute Gasteiger partial charge is 0.508 e. The molecule has 0 amide bonds. The van der Waals surface area contributed by atoms with Crippen molar-refractivity contribution in [2.75, 3.05) is 13.1 Å².